The van der Waals surface area contributed by atoms with Gasteiger partial charge >= 0.3 is 0 Å². The highest BCUT2D eigenvalue weighted by atomic mass is 16.5. The standard InChI is InChI=1S/C29H33N5O4/c1-6-38-21-17-15-20(16-18-21)27(28(36)30-29(2,3)4)34(24-13-9-10-14-25(24)37-5)26(35)19-33-23-12-8-7-11-22(23)31-32-33/h7-18,27H,6,19H2,1-5H3,(H,30,36). The Hall–Kier alpha value is -4.40. The molecule has 0 aliphatic heterocycles. The fourth-order valence-electron chi connectivity index (χ4n) is 4.25. The molecule has 0 saturated carbocycles. The van der Waals surface area contributed by atoms with Gasteiger partial charge in [0.05, 0.1) is 24.9 Å². The fourth-order valence-corrected chi connectivity index (χ4v) is 4.25. The highest BCUT2D eigenvalue weighted by molar-refractivity contribution is 6.02. The van der Waals surface area contributed by atoms with Crippen LogP contribution >= 0.6 is 0 Å². The summed E-state index contributed by atoms with van der Waals surface area (Å²) in [6.07, 6.45) is 0. The van der Waals surface area contributed by atoms with Crippen LogP contribution in [0.4, 0.5) is 5.69 Å². The second kappa shape index (κ2) is 11.3. The summed E-state index contributed by atoms with van der Waals surface area (Å²) in [6, 6.07) is 20.8. The maximum absolute atomic E-state index is 14.2. The number of carbonyl (C=O) groups is 2. The number of methoxy groups -OCH3 is 1. The largest absolute Gasteiger partial charge is 0.495 e. The van der Waals surface area contributed by atoms with Gasteiger partial charge in [-0.3, -0.25) is 14.5 Å². The average molecular weight is 516 g/mol. The molecule has 1 aromatic heterocycles. The number of para-hydroxylation sites is 3. The Morgan fingerprint density at radius 3 is 2.37 bits per heavy atom. The van der Waals surface area contributed by atoms with Crippen LogP contribution in [-0.4, -0.2) is 46.1 Å². The van der Waals surface area contributed by atoms with Crippen molar-refractivity contribution in [2.75, 3.05) is 18.6 Å². The van der Waals surface area contributed by atoms with Gasteiger partial charge in [-0.25, -0.2) is 4.68 Å². The summed E-state index contributed by atoms with van der Waals surface area (Å²) < 4.78 is 12.8. The number of amides is 2. The van der Waals surface area contributed by atoms with Crippen molar-refractivity contribution in [1.82, 2.24) is 20.3 Å². The van der Waals surface area contributed by atoms with E-state index in [2.05, 4.69) is 15.6 Å². The highest BCUT2D eigenvalue weighted by Gasteiger charge is 2.36. The summed E-state index contributed by atoms with van der Waals surface area (Å²) in [5, 5.41) is 11.4. The SMILES string of the molecule is CCOc1ccc(C(C(=O)NC(C)(C)C)N(C(=O)Cn2nnc3ccccc32)c2ccccc2OC)cc1. The normalized spacial score (nSPS) is 12.1. The monoisotopic (exact) mass is 515 g/mol. The number of nitrogens with one attached hydrogen (secondary N) is 1. The number of carbonyl (C=O) groups excluding carboxylic acids is 2. The number of ether oxygens (including phenoxy) is 2. The third-order valence-electron chi connectivity index (χ3n) is 5.83. The van der Waals surface area contributed by atoms with Gasteiger partial charge in [0.1, 0.15) is 29.6 Å². The maximum atomic E-state index is 14.2. The Morgan fingerprint density at radius 2 is 1.68 bits per heavy atom. The molecule has 9 heteroatoms. The lowest BCUT2D eigenvalue weighted by molar-refractivity contribution is -0.128. The molecule has 1 N–H and O–H groups in total. The molecule has 0 aliphatic rings. The lowest BCUT2D eigenvalue weighted by Crippen LogP contribution is -2.50. The van der Waals surface area contributed by atoms with Crippen LogP contribution in [0.15, 0.2) is 72.8 Å². The molecule has 0 aliphatic carbocycles. The van der Waals surface area contributed by atoms with Crippen LogP contribution in [0.2, 0.25) is 0 Å². The Kier molecular flexibility index (Phi) is 7.95. The van der Waals surface area contributed by atoms with Crippen molar-refractivity contribution >= 4 is 28.5 Å². The van der Waals surface area contributed by atoms with E-state index in [-0.39, 0.29) is 18.4 Å². The molecule has 38 heavy (non-hydrogen) atoms. The Bertz CT molecular complexity index is 1410. The average Bonchev–Trinajstić information content (AvgIpc) is 3.29. The van der Waals surface area contributed by atoms with E-state index in [4.69, 9.17) is 9.47 Å². The van der Waals surface area contributed by atoms with Gasteiger partial charge in [0.2, 0.25) is 11.8 Å². The topological polar surface area (TPSA) is 98.6 Å². The van der Waals surface area contributed by atoms with Crippen LogP contribution in [0.1, 0.15) is 39.3 Å². The summed E-state index contributed by atoms with van der Waals surface area (Å²) in [5.41, 5.74) is 1.96. The van der Waals surface area contributed by atoms with Gasteiger partial charge < -0.3 is 14.8 Å². The van der Waals surface area contributed by atoms with E-state index in [1.807, 2.05) is 58.0 Å². The van der Waals surface area contributed by atoms with Gasteiger partial charge in [0.25, 0.3) is 0 Å². The summed E-state index contributed by atoms with van der Waals surface area (Å²) in [4.78, 5) is 29.5. The molecular formula is C29H33N5O4. The smallest absolute Gasteiger partial charge is 0.249 e. The van der Waals surface area contributed by atoms with Gasteiger partial charge in [-0.1, -0.05) is 41.6 Å². The van der Waals surface area contributed by atoms with Gasteiger partial charge in [-0.2, -0.15) is 0 Å². The number of aromatic nitrogens is 3. The van der Waals surface area contributed by atoms with E-state index in [0.29, 0.717) is 34.9 Å². The minimum atomic E-state index is -0.997. The number of rotatable bonds is 9. The molecule has 198 valence electrons. The molecule has 0 spiro atoms. The lowest BCUT2D eigenvalue weighted by Gasteiger charge is -2.34. The minimum Gasteiger partial charge on any atom is -0.495 e. The minimum absolute atomic E-state index is 0.130. The van der Waals surface area contributed by atoms with Crippen molar-refractivity contribution in [3.63, 3.8) is 0 Å². The molecule has 4 rings (SSSR count). The molecule has 3 aromatic carbocycles. The maximum Gasteiger partial charge on any atom is 0.249 e. The first kappa shape index (κ1) is 26.7. The van der Waals surface area contributed by atoms with Crippen molar-refractivity contribution in [2.24, 2.45) is 0 Å². The summed E-state index contributed by atoms with van der Waals surface area (Å²) in [6.45, 7) is 7.99. The molecule has 0 fully saturated rings. The fraction of sp³-hybridized carbons (Fsp3) is 0.310. The van der Waals surface area contributed by atoms with Crippen molar-refractivity contribution in [3.05, 3.63) is 78.4 Å². The third-order valence-corrected chi connectivity index (χ3v) is 5.83. The first-order chi connectivity index (χ1) is 18.2. The highest BCUT2D eigenvalue weighted by Crippen LogP contribution is 2.36. The van der Waals surface area contributed by atoms with Gasteiger partial charge in [0.15, 0.2) is 0 Å². The Morgan fingerprint density at radius 1 is 1.00 bits per heavy atom. The van der Waals surface area contributed by atoms with E-state index in [0.717, 1.165) is 5.52 Å². The summed E-state index contributed by atoms with van der Waals surface area (Å²) in [5.74, 6) is 0.455. The van der Waals surface area contributed by atoms with E-state index in [1.54, 1.807) is 42.5 Å². The molecule has 0 saturated heterocycles. The number of hydrogen-bond acceptors (Lipinski definition) is 6. The molecular weight excluding hydrogens is 482 g/mol. The molecule has 2 amide bonds. The van der Waals surface area contributed by atoms with Gasteiger partial charge in [0, 0.05) is 5.54 Å². The zero-order valence-electron chi connectivity index (χ0n) is 22.3. The molecule has 0 bridgehead atoms. The molecule has 0 radical (unpaired) electrons. The summed E-state index contributed by atoms with van der Waals surface area (Å²) in [7, 11) is 1.54. The number of fused-ring (bicyclic) bond motifs is 1. The van der Waals surface area contributed by atoms with Crippen LogP contribution in [0.3, 0.4) is 0 Å². The van der Waals surface area contributed by atoms with Gasteiger partial charge in [-0.15, -0.1) is 5.10 Å². The first-order valence-electron chi connectivity index (χ1n) is 12.5. The van der Waals surface area contributed by atoms with Crippen molar-refractivity contribution < 1.29 is 19.1 Å². The molecule has 1 heterocycles. The van der Waals surface area contributed by atoms with E-state index in [1.165, 1.54) is 16.7 Å². The van der Waals surface area contributed by atoms with Crippen LogP contribution < -0.4 is 19.7 Å². The van der Waals surface area contributed by atoms with Crippen molar-refractivity contribution in [1.29, 1.82) is 0 Å². The number of nitrogens with zero attached hydrogens (tertiary/aromatic N) is 4. The van der Waals surface area contributed by atoms with E-state index >= 15 is 0 Å². The Labute approximate surface area is 222 Å². The van der Waals surface area contributed by atoms with Crippen molar-refractivity contribution in [3.8, 4) is 11.5 Å². The second-order valence-corrected chi connectivity index (χ2v) is 9.82. The second-order valence-electron chi connectivity index (χ2n) is 9.82. The molecule has 1 atom stereocenters. The number of benzene rings is 3. The van der Waals surface area contributed by atoms with E-state index in [9.17, 15) is 9.59 Å². The predicted molar refractivity (Wildman–Crippen MR) is 146 cm³/mol. The zero-order valence-corrected chi connectivity index (χ0v) is 22.3. The Balaban J connectivity index is 1.84. The van der Waals surface area contributed by atoms with E-state index < -0.39 is 11.6 Å². The number of hydrogen-bond donors (Lipinski definition) is 1. The summed E-state index contributed by atoms with van der Waals surface area (Å²) >= 11 is 0. The van der Waals surface area contributed by atoms with Crippen LogP contribution in [-0.2, 0) is 16.1 Å². The molecule has 4 aromatic rings. The molecule has 9 nitrogen and oxygen atoms in total. The number of anilines is 1. The predicted octanol–water partition coefficient (Wildman–Crippen LogP) is 4.53. The lowest BCUT2D eigenvalue weighted by atomic mass is 10.0. The van der Waals surface area contributed by atoms with Crippen LogP contribution in [0.25, 0.3) is 11.0 Å². The van der Waals surface area contributed by atoms with Crippen molar-refractivity contribution in [2.45, 2.75) is 45.8 Å². The van der Waals surface area contributed by atoms with Crippen LogP contribution in [0.5, 0.6) is 11.5 Å². The van der Waals surface area contributed by atoms with Crippen LogP contribution in [0, 0.1) is 0 Å². The van der Waals surface area contributed by atoms with Gasteiger partial charge in [-0.05, 0) is 69.7 Å². The third kappa shape index (κ3) is 5.94. The first-order valence-corrected chi connectivity index (χ1v) is 12.5. The molecule has 1 unspecified atom stereocenters. The zero-order chi connectivity index (χ0) is 27.3. The quantitative estimate of drug-likeness (QED) is 0.352.